The van der Waals surface area contributed by atoms with E-state index >= 15 is 0 Å². The van der Waals surface area contributed by atoms with Crippen LogP contribution < -0.4 is 15.0 Å². The van der Waals surface area contributed by atoms with Crippen LogP contribution >= 0.6 is 0 Å². The van der Waals surface area contributed by atoms with Crippen LogP contribution in [0, 0.1) is 0 Å². The maximum absolute atomic E-state index is 10.3. The lowest BCUT2D eigenvalue weighted by Crippen LogP contribution is -2.28. The van der Waals surface area contributed by atoms with Crippen molar-refractivity contribution in [1.29, 1.82) is 0 Å². The first kappa shape index (κ1) is 11.8. The molecule has 1 rings (SSSR count). The molecule has 0 radical (unpaired) electrons. The fourth-order valence-corrected chi connectivity index (χ4v) is 1.17. The van der Waals surface area contributed by atoms with Gasteiger partial charge in [-0.15, -0.1) is 4.83 Å². The van der Waals surface area contributed by atoms with E-state index in [9.17, 15) is 8.42 Å². The van der Waals surface area contributed by atoms with Gasteiger partial charge in [-0.3, -0.25) is 4.55 Å². The molecule has 1 aromatic rings. The zero-order chi connectivity index (χ0) is 11.3. The van der Waals surface area contributed by atoms with Gasteiger partial charge in [0.1, 0.15) is 5.75 Å². The first-order valence-corrected chi connectivity index (χ1v) is 5.68. The van der Waals surface area contributed by atoms with Gasteiger partial charge in [0, 0.05) is 0 Å². The quantitative estimate of drug-likeness (QED) is 0.516. The van der Waals surface area contributed by atoms with Gasteiger partial charge in [0.05, 0.1) is 12.3 Å². The van der Waals surface area contributed by atoms with E-state index in [0.29, 0.717) is 18.0 Å². The second-order valence-electron chi connectivity index (χ2n) is 2.66. The number of rotatable bonds is 5. The van der Waals surface area contributed by atoms with Crippen LogP contribution in [0.4, 0.5) is 5.69 Å². The summed E-state index contributed by atoms with van der Waals surface area (Å²) in [4.78, 5) is 1.73. The normalized spacial score (nSPS) is 11.1. The highest BCUT2D eigenvalue weighted by Crippen LogP contribution is 2.14. The number of hydrogen-bond donors (Lipinski definition) is 3. The molecule has 0 amide bonds. The lowest BCUT2D eigenvalue weighted by molar-refractivity contribution is 0.340. The molecule has 0 unspecified atom stereocenters. The second kappa shape index (κ2) is 4.96. The highest BCUT2D eigenvalue weighted by Gasteiger charge is 2.01. The van der Waals surface area contributed by atoms with Crippen molar-refractivity contribution in [3.8, 4) is 5.75 Å². The first-order valence-electron chi connectivity index (χ1n) is 4.24. The van der Waals surface area contributed by atoms with E-state index in [1.165, 1.54) is 0 Å². The standard InChI is InChI=1S/C8H12N2O4S/c1-2-14-8-5-3-7(4-6-8)9-10-15(11,12)13/h3-6,9-10H,2H2,1H3,(H,11,12,13). The van der Waals surface area contributed by atoms with E-state index in [1.807, 2.05) is 6.92 Å². The average Bonchev–Trinajstić information content (AvgIpc) is 2.16. The van der Waals surface area contributed by atoms with Crippen molar-refractivity contribution in [2.45, 2.75) is 6.92 Å². The van der Waals surface area contributed by atoms with Crippen LogP contribution in [0.25, 0.3) is 0 Å². The smallest absolute Gasteiger partial charge is 0.350 e. The van der Waals surface area contributed by atoms with Gasteiger partial charge in [-0.1, -0.05) is 0 Å². The summed E-state index contributed by atoms with van der Waals surface area (Å²) in [5.74, 6) is 0.690. The van der Waals surface area contributed by atoms with Gasteiger partial charge < -0.3 is 10.2 Å². The summed E-state index contributed by atoms with van der Waals surface area (Å²) in [5.41, 5.74) is 2.81. The Balaban J connectivity index is 2.57. The minimum Gasteiger partial charge on any atom is -0.494 e. The number of anilines is 1. The third kappa shape index (κ3) is 4.63. The third-order valence-electron chi connectivity index (χ3n) is 1.49. The summed E-state index contributed by atoms with van der Waals surface area (Å²) in [6, 6.07) is 6.58. The van der Waals surface area contributed by atoms with Crippen molar-refractivity contribution >= 4 is 16.0 Å². The molecule has 0 aliphatic rings. The number of hydrazine groups is 1. The SMILES string of the molecule is CCOc1ccc(NNS(=O)(=O)O)cc1. The lowest BCUT2D eigenvalue weighted by Gasteiger charge is -2.06. The molecule has 0 aromatic heterocycles. The highest BCUT2D eigenvalue weighted by molar-refractivity contribution is 7.83. The summed E-state index contributed by atoms with van der Waals surface area (Å²) >= 11 is 0. The Morgan fingerprint density at radius 2 is 1.93 bits per heavy atom. The van der Waals surface area contributed by atoms with E-state index in [4.69, 9.17) is 9.29 Å². The van der Waals surface area contributed by atoms with E-state index in [1.54, 1.807) is 29.1 Å². The molecule has 0 saturated heterocycles. The molecule has 0 aliphatic heterocycles. The molecule has 84 valence electrons. The van der Waals surface area contributed by atoms with Crippen molar-refractivity contribution in [3.05, 3.63) is 24.3 Å². The summed E-state index contributed by atoms with van der Waals surface area (Å²) in [6.45, 7) is 2.43. The van der Waals surface area contributed by atoms with Crippen LogP contribution in [-0.2, 0) is 10.3 Å². The molecule has 3 N–H and O–H groups in total. The Bertz CT molecular complexity index is 401. The molecule has 0 spiro atoms. The molecular weight excluding hydrogens is 220 g/mol. The predicted octanol–water partition coefficient (Wildman–Crippen LogP) is 0.805. The summed E-state index contributed by atoms with van der Waals surface area (Å²) < 4.78 is 34.2. The molecule has 1 aromatic carbocycles. The van der Waals surface area contributed by atoms with Gasteiger partial charge >= 0.3 is 10.3 Å². The molecular formula is C8H12N2O4S. The molecule has 0 fully saturated rings. The number of nitrogens with one attached hydrogen (secondary N) is 2. The van der Waals surface area contributed by atoms with E-state index < -0.39 is 10.3 Å². The monoisotopic (exact) mass is 232 g/mol. The number of ether oxygens (including phenoxy) is 1. The van der Waals surface area contributed by atoms with E-state index in [-0.39, 0.29) is 0 Å². The van der Waals surface area contributed by atoms with Gasteiger partial charge in [0.25, 0.3) is 0 Å². The third-order valence-corrected chi connectivity index (χ3v) is 1.85. The Kier molecular flexibility index (Phi) is 3.89. The van der Waals surface area contributed by atoms with E-state index in [2.05, 4.69) is 5.43 Å². The second-order valence-corrected chi connectivity index (χ2v) is 3.81. The highest BCUT2D eigenvalue weighted by atomic mass is 32.2. The Morgan fingerprint density at radius 3 is 2.40 bits per heavy atom. The zero-order valence-corrected chi connectivity index (χ0v) is 8.91. The maximum atomic E-state index is 10.3. The van der Waals surface area contributed by atoms with Crippen LogP contribution in [0.3, 0.4) is 0 Å². The van der Waals surface area contributed by atoms with Crippen molar-refractivity contribution in [2.24, 2.45) is 0 Å². The van der Waals surface area contributed by atoms with Crippen LogP contribution in [0.15, 0.2) is 24.3 Å². The fraction of sp³-hybridized carbons (Fsp3) is 0.250. The minimum atomic E-state index is -4.24. The Morgan fingerprint density at radius 1 is 1.33 bits per heavy atom. The van der Waals surface area contributed by atoms with Crippen molar-refractivity contribution in [1.82, 2.24) is 4.83 Å². The van der Waals surface area contributed by atoms with Crippen molar-refractivity contribution < 1.29 is 17.7 Å². The summed E-state index contributed by atoms with van der Waals surface area (Å²) in [5, 5.41) is 0. The molecule has 0 bridgehead atoms. The predicted molar refractivity (Wildman–Crippen MR) is 55.9 cm³/mol. The summed E-state index contributed by atoms with van der Waals surface area (Å²) in [6.07, 6.45) is 0. The van der Waals surface area contributed by atoms with Gasteiger partial charge in [0.15, 0.2) is 0 Å². The molecule has 6 nitrogen and oxygen atoms in total. The number of benzene rings is 1. The average molecular weight is 232 g/mol. The van der Waals surface area contributed by atoms with Crippen LogP contribution in [-0.4, -0.2) is 19.6 Å². The minimum absolute atomic E-state index is 0.496. The molecule has 0 saturated carbocycles. The lowest BCUT2D eigenvalue weighted by atomic mass is 10.3. The van der Waals surface area contributed by atoms with Gasteiger partial charge in [0.2, 0.25) is 0 Å². The van der Waals surface area contributed by atoms with Crippen LogP contribution in [0.5, 0.6) is 5.75 Å². The maximum Gasteiger partial charge on any atom is 0.350 e. The molecule has 15 heavy (non-hydrogen) atoms. The van der Waals surface area contributed by atoms with E-state index in [0.717, 1.165) is 0 Å². The fourth-order valence-electron chi connectivity index (χ4n) is 0.925. The molecule has 7 heteroatoms. The molecule has 0 atom stereocenters. The van der Waals surface area contributed by atoms with Crippen molar-refractivity contribution in [3.63, 3.8) is 0 Å². The van der Waals surface area contributed by atoms with Gasteiger partial charge in [-0.05, 0) is 31.2 Å². The Labute approximate surface area is 88.1 Å². The van der Waals surface area contributed by atoms with Crippen molar-refractivity contribution in [2.75, 3.05) is 12.0 Å². The molecule has 0 aliphatic carbocycles. The van der Waals surface area contributed by atoms with Gasteiger partial charge in [-0.2, -0.15) is 8.42 Å². The summed E-state index contributed by atoms with van der Waals surface area (Å²) in [7, 11) is -4.24. The van der Waals surface area contributed by atoms with Crippen LogP contribution in [0.2, 0.25) is 0 Å². The zero-order valence-electron chi connectivity index (χ0n) is 8.10. The largest absolute Gasteiger partial charge is 0.494 e. The number of hydrogen-bond acceptors (Lipinski definition) is 4. The molecule has 0 heterocycles. The van der Waals surface area contributed by atoms with Gasteiger partial charge in [-0.25, -0.2) is 0 Å². The first-order chi connectivity index (χ1) is 7.01. The topological polar surface area (TPSA) is 87.7 Å². The Hall–Kier alpha value is -1.31. The van der Waals surface area contributed by atoms with Crippen LogP contribution in [0.1, 0.15) is 6.92 Å².